The lowest BCUT2D eigenvalue weighted by molar-refractivity contribution is 0.0851. The molecule has 2 rings (SSSR count). The molecule has 0 atom stereocenters. The number of benzene rings is 1. The van der Waals surface area contributed by atoms with E-state index in [9.17, 15) is 9.90 Å². The molecule has 0 saturated carbocycles. The van der Waals surface area contributed by atoms with Crippen molar-refractivity contribution in [2.45, 2.75) is 26.7 Å². The van der Waals surface area contributed by atoms with Crippen LogP contribution in [-0.2, 0) is 7.05 Å². The molecule has 130 valence electrons. The molecule has 0 bridgehead atoms. The van der Waals surface area contributed by atoms with Crippen molar-refractivity contribution in [3.05, 3.63) is 42.2 Å². The number of aliphatic hydroxyl groups is 1. The fourth-order valence-corrected chi connectivity index (χ4v) is 2.54. The zero-order valence-electron chi connectivity index (χ0n) is 14.5. The third-order valence-corrected chi connectivity index (χ3v) is 4.58. The molecule has 0 aliphatic rings. The fraction of sp³-hybridized carbons (Fsp3) is 0.444. The van der Waals surface area contributed by atoms with Gasteiger partial charge in [-0.1, -0.05) is 19.9 Å². The second-order valence-electron chi connectivity index (χ2n) is 6.16. The maximum Gasteiger partial charge on any atom is 0.251 e. The van der Waals surface area contributed by atoms with E-state index in [4.69, 9.17) is 0 Å². The van der Waals surface area contributed by atoms with Crippen LogP contribution >= 0.6 is 0 Å². The van der Waals surface area contributed by atoms with Gasteiger partial charge in [-0.15, -0.1) is 0 Å². The summed E-state index contributed by atoms with van der Waals surface area (Å²) in [6.07, 6.45) is 5.24. The van der Waals surface area contributed by atoms with Gasteiger partial charge in [-0.2, -0.15) is 5.10 Å². The molecule has 24 heavy (non-hydrogen) atoms. The van der Waals surface area contributed by atoms with Crippen LogP contribution in [-0.4, -0.2) is 33.9 Å². The first-order valence-corrected chi connectivity index (χ1v) is 8.26. The first-order chi connectivity index (χ1) is 11.5. The van der Waals surface area contributed by atoms with E-state index in [1.165, 1.54) is 0 Å². The molecule has 1 amide bonds. The van der Waals surface area contributed by atoms with Gasteiger partial charge in [0.2, 0.25) is 0 Å². The summed E-state index contributed by atoms with van der Waals surface area (Å²) in [5.41, 5.74) is 2.03. The van der Waals surface area contributed by atoms with Gasteiger partial charge in [0, 0.05) is 36.5 Å². The molecule has 0 unspecified atom stereocenters. The topological polar surface area (TPSA) is 79.2 Å². The molecule has 0 aliphatic heterocycles. The zero-order chi connectivity index (χ0) is 17.6. The first-order valence-electron chi connectivity index (χ1n) is 8.26. The van der Waals surface area contributed by atoms with Crippen molar-refractivity contribution in [2.75, 3.05) is 18.5 Å². The third-order valence-electron chi connectivity index (χ3n) is 4.58. The van der Waals surface area contributed by atoms with Gasteiger partial charge in [-0.25, -0.2) is 0 Å². The second kappa shape index (κ2) is 7.97. The number of hydrogen-bond donors (Lipinski definition) is 3. The minimum Gasteiger partial charge on any atom is -0.396 e. The number of hydrogen-bond acceptors (Lipinski definition) is 4. The Kier molecular flexibility index (Phi) is 5.98. The molecule has 0 spiro atoms. The van der Waals surface area contributed by atoms with Gasteiger partial charge in [-0.3, -0.25) is 9.48 Å². The fourth-order valence-electron chi connectivity index (χ4n) is 2.54. The summed E-state index contributed by atoms with van der Waals surface area (Å²) >= 11 is 0. The van der Waals surface area contributed by atoms with Crippen LogP contribution in [0.4, 0.5) is 11.4 Å². The maximum absolute atomic E-state index is 12.4. The van der Waals surface area contributed by atoms with Gasteiger partial charge in [0.05, 0.1) is 18.5 Å². The van der Waals surface area contributed by atoms with Crippen molar-refractivity contribution in [1.29, 1.82) is 0 Å². The maximum atomic E-state index is 12.4. The molecule has 0 aliphatic carbocycles. The lowest BCUT2D eigenvalue weighted by atomic mass is 9.83. The first kappa shape index (κ1) is 18.0. The highest BCUT2D eigenvalue weighted by Crippen LogP contribution is 2.24. The SMILES string of the molecule is CCC(CC)(CO)CNC(=O)c1cccc(Nc2cnn(C)c2)c1. The predicted octanol–water partition coefficient (Wildman–Crippen LogP) is 2.69. The van der Waals surface area contributed by atoms with E-state index >= 15 is 0 Å². The van der Waals surface area contributed by atoms with Crippen molar-refractivity contribution in [2.24, 2.45) is 12.5 Å². The highest BCUT2D eigenvalue weighted by atomic mass is 16.3. The molecule has 0 saturated heterocycles. The number of aryl methyl sites for hydroxylation is 1. The Labute approximate surface area is 142 Å². The average molecular weight is 330 g/mol. The normalized spacial score (nSPS) is 11.3. The number of aromatic nitrogens is 2. The van der Waals surface area contributed by atoms with Gasteiger partial charge in [0.25, 0.3) is 5.91 Å². The number of carbonyl (C=O) groups excluding carboxylic acids is 1. The Balaban J connectivity index is 2.03. The van der Waals surface area contributed by atoms with Crippen LogP contribution in [0.2, 0.25) is 0 Å². The molecule has 0 fully saturated rings. The second-order valence-corrected chi connectivity index (χ2v) is 6.16. The monoisotopic (exact) mass is 330 g/mol. The summed E-state index contributed by atoms with van der Waals surface area (Å²) < 4.78 is 1.71. The van der Waals surface area contributed by atoms with Gasteiger partial charge < -0.3 is 15.7 Å². The smallest absolute Gasteiger partial charge is 0.251 e. The van der Waals surface area contributed by atoms with Crippen molar-refractivity contribution >= 4 is 17.3 Å². The highest BCUT2D eigenvalue weighted by Gasteiger charge is 2.25. The average Bonchev–Trinajstić information content (AvgIpc) is 3.01. The molecule has 1 heterocycles. The summed E-state index contributed by atoms with van der Waals surface area (Å²) in [6, 6.07) is 7.33. The Bertz CT molecular complexity index is 669. The molecule has 6 nitrogen and oxygen atoms in total. The van der Waals surface area contributed by atoms with Crippen LogP contribution in [0.1, 0.15) is 37.0 Å². The number of rotatable bonds is 8. The number of nitrogens with zero attached hydrogens (tertiary/aromatic N) is 2. The third kappa shape index (κ3) is 4.35. The standard InChI is InChI=1S/C18H26N4O2/c1-4-18(5-2,13-23)12-19-17(24)14-7-6-8-15(9-14)21-16-10-20-22(3)11-16/h6-11,21,23H,4-5,12-13H2,1-3H3,(H,19,24). The number of anilines is 2. The van der Waals surface area contributed by atoms with Crippen molar-refractivity contribution in [3.8, 4) is 0 Å². The summed E-state index contributed by atoms with van der Waals surface area (Å²) in [4.78, 5) is 12.4. The Morgan fingerprint density at radius 1 is 1.29 bits per heavy atom. The molecule has 1 aromatic heterocycles. The van der Waals surface area contributed by atoms with Crippen LogP contribution < -0.4 is 10.6 Å². The molecule has 1 aromatic carbocycles. The molecular formula is C18H26N4O2. The summed E-state index contributed by atoms with van der Waals surface area (Å²) in [5, 5.41) is 19.9. The Hall–Kier alpha value is -2.34. The minimum absolute atomic E-state index is 0.0723. The lowest BCUT2D eigenvalue weighted by Crippen LogP contribution is -2.39. The molecule has 3 N–H and O–H groups in total. The van der Waals surface area contributed by atoms with E-state index in [-0.39, 0.29) is 17.9 Å². The van der Waals surface area contributed by atoms with E-state index in [1.54, 1.807) is 23.0 Å². The van der Waals surface area contributed by atoms with Crippen molar-refractivity contribution in [3.63, 3.8) is 0 Å². The number of amides is 1. The Morgan fingerprint density at radius 2 is 2.04 bits per heavy atom. The van der Waals surface area contributed by atoms with Gasteiger partial charge >= 0.3 is 0 Å². The number of aliphatic hydroxyl groups excluding tert-OH is 1. The summed E-state index contributed by atoms with van der Waals surface area (Å²) in [6.45, 7) is 4.60. The largest absolute Gasteiger partial charge is 0.396 e. The van der Waals surface area contributed by atoms with E-state index in [2.05, 4.69) is 15.7 Å². The van der Waals surface area contributed by atoms with Crippen LogP contribution in [0, 0.1) is 5.41 Å². The van der Waals surface area contributed by atoms with Gasteiger partial charge in [0.1, 0.15) is 0 Å². The number of nitrogens with one attached hydrogen (secondary N) is 2. The van der Waals surface area contributed by atoms with Crippen LogP contribution in [0.15, 0.2) is 36.7 Å². The van der Waals surface area contributed by atoms with E-state index in [0.29, 0.717) is 12.1 Å². The van der Waals surface area contributed by atoms with Crippen molar-refractivity contribution < 1.29 is 9.90 Å². The predicted molar refractivity (Wildman–Crippen MR) is 95.4 cm³/mol. The molecule has 2 aromatic rings. The molecule has 0 radical (unpaired) electrons. The van der Waals surface area contributed by atoms with Gasteiger partial charge in [-0.05, 0) is 31.0 Å². The van der Waals surface area contributed by atoms with E-state index in [0.717, 1.165) is 24.2 Å². The quantitative estimate of drug-likeness (QED) is 0.695. The minimum atomic E-state index is -0.249. The van der Waals surface area contributed by atoms with Gasteiger partial charge in [0.15, 0.2) is 0 Å². The molecular weight excluding hydrogens is 304 g/mol. The highest BCUT2D eigenvalue weighted by molar-refractivity contribution is 5.95. The summed E-state index contributed by atoms with van der Waals surface area (Å²) in [5.74, 6) is -0.135. The zero-order valence-corrected chi connectivity index (χ0v) is 14.5. The van der Waals surface area contributed by atoms with E-state index in [1.807, 2.05) is 39.2 Å². The van der Waals surface area contributed by atoms with Crippen LogP contribution in [0.3, 0.4) is 0 Å². The van der Waals surface area contributed by atoms with Crippen LogP contribution in [0.5, 0.6) is 0 Å². The number of carbonyl (C=O) groups is 1. The lowest BCUT2D eigenvalue weighted by Gasteiger charge is -2.29. The van der Waals surface area contributed by atoms with E-state index < -0.39 is 0 Å². The molecule has 6 heteroatoms. The summed E-state index contributed by atoms with van der Waals surface area (Å²) in [7, 11) is 1.85. The van der Waals surface area contributed by atoms with Crippen molar-refractivity contribution in [1.82, 2.24) is 15.1 Å². The van der Waals surface area contributed by atoms with Crippen LogP contribution in [0.25, 0.3) is 0 Å². The Morgan fingerprint density at radius 3 is 2.62 bits per heavy atom.